The van der Waals surface area contributed by atoms with Gasteiger partial charge in [-0.15, -0.1) is 0 Å². The number of aromatic amines is 1. The molecule has 1 aromatic carbocycles. The number of ether oxygens (including phenoxy) is 1. The third-order valence-corrected chi connectivity index (χ3v) is 6.50. The molecule has 134 valence electrons. The minimum atomic E-state index is 0.583. The third kappa shape index (κ3) is 2.90. The molecule has 2 aromatic rings. The Morgan fingerprint density at radius 1 is 1.16 bits per heavy atom. The summed E-state index contributed by atoms with van der Waals surface area (Å²) >= 11 is 0. The molecular weight excluding hydrogens is 310 g/mol. The van der Waals surface area contributed by atoms with E-state index in [9.17, 15) is 0 Å². The molecule has 1 aliphatic carbocycles. The van der Waals surface area contributed by atoms with Gasteiger partial charge in [-0.25, -0.2) is 0 Å². The Bertz CT molecular complexity index is 779. The Labute approximate surface area is 150 Å². The van der Waals surface area contributed by atoms with E-state index in [1.165, 1.54) is 53.7 Å². The molecular formula is C21H29N3O. The first-order chi connectivity index (χ1) is 12.2. The number of fused-ring (bicyclic) bond motifs is 2. The summed E-state index contributed by atoms with van der Waals surface area (Å²) < 4.78 is 5.96. The second kappa shape index (κ2) is 6.11. The van der Waals surface area contributed by atoms with Gasteiger partial charge in [-0.3, -0.25) is 9.80 Å². The minimum Gasteiger partial charge on any atom is -0.378 e. The van der Waals surface area contributed by atoms with E-state index < -0.39 is 0 Å². The highest BCUT2D eigenvalue weighted by Gasteiger charge is 2.42. The number of benzene rings is 1. The third-order valence-electron chi connectivity index (χ3n) is 6.50. The van der Waals surface area contributed by atoms with Crippen LogP contribution in [-0.2, 0) is 11.3 Å². The Morgan fingerprint density at radius 3 is 2.88 bits per heavy atom. The fraction of sp³-hybridized carbons (Fsp3) is 0.619. The summed E-state index contributed by atoms with van der Waals surface area (Å²) in [4.78, 5) is 9.04. The van der Waals surface area contributed by atoms with Crippen LogP contribution in [0.2, 0.25) is 0 Å². The molecule has 0 amide bonds. The molecule has 3 fully saturated rings. The first kappa shape index (κ1) is 15.9. The number of hydrogen-bond donors (Lipinski definition) is 1. The van der Waals surface area contributed by atoms with Gasteiger partial charge in [0.25, 0.3) is 0 Å². The average molecular weight is 339 g/mol. The summed E-state index contributed by atoms with van der Waals surface area (Å²) in [5.74, 6) is 0.911. The second-order valence-electron chi connectivity index (χ2n) is 8.35. The van der Waals surface area contributed by atoms with Crippen molar-refractivity contribution in [2.24, 2.45) is 5.92 Å². The van der Waals surface area contributed by atoms with Gasteiger partial charge in [-0.2, -0.15) is 0 Å². The predicted octanol–water partition coefficient (Wildman–Crippen LogP) is 3.08. The van der Waals surface area contributed by atoms with Gasteiger partial charge in [0, 0.05) is 54.9 Å². The Kier molecular flexibility index (Phi) is 3.88. The van der Waals surface area contributed by atoms with Crippen LogP contribution >= 0.6 is 0 Å². The molecule has 25 heavy (non-hydrogen) atoms. The van der Waals surface area contributed by atoms with Crippen molar-refractivity contribution < 1.29 is 4.74 Å². The summed E-state index contributed by atoms with van der Waals surface area (Å²) in [6.07, 6.45) is 2.82. The van der Waals surface area contributed by atoms with E-state index in [1.807, 2.05) is 0 Å². The molecule has 0 bridgehead atoms. The lowest BCUT2D eigenvalue weighted by Gasteiger charge is -2.48. The molecule has 3 aliphatic rings. The zero-order valence-corrected chi connectivity index (χ0v) is 15.4. The molecule has 5 rings (SSSR count). The number of rotatable bonds is 3. The maximum Gasteiger partial charge on any atom is 0.0635 e. The normalized spacial score (nSPS) is 28.4. The van der Waals surface area contributed by atoms with Gasteiger partial charge < -0.3 is 9.72 Å². The fourth-order valence-electron chi connectivity index (χ4n) is 4.85. The quantitative estimate of drug-likeness (QED) is 0.932. The number of morpholine rings is 1. The highest BCUT2D eigenvalue weighted by atomic mass is 16.5. The van der Waals surface area contributed by atoms with Gasteiger partial charge in [0.2, 0.25) is 0 Å². The van der Waals surface area contributed by atoms with Crippen LogP contribution in [0.1, 0.15) is 29.7 Å². The first-order valence-electron chi connectivity index (χ1n) is 9.82. The first-order valence-corrected chi connectivity index (χ1v) is 9.82. The number of piperazine rings is 1. The number of H-pyrrole nitrogens is 1. The maximum absolute atomic E-state index is 5.96. The SMILES string of the molecule is Cc1ccc2[nH]c(CN3CCN4[C@@H](COC[C@@H]4C4CC4)C3)c(C)c2c1. The van der Waals surface area contributed by atoms with Crippen molar-refractivity contribution in [3.63, 3.8) is 0 Å². The van der Waals surface area contributed by atoms with E-state index in [2.05, 4.69) is 46.8 Å². The molecule has 4 nitrogen and oxygen atoms in total. The van der Waals surface area contributed by atoms with Crippen LogP contribution < -0.4 is 0 Å². The van der Waals surface area contributed by atoms with E-state index in [1.54, 1.807) is 0 Å². The largest absolute Gasteiger partial charge is 0.378 e. The average Bonchev–Trinajstić information content (AvgIpc) is 3.42. The molecule has 1 aromatic heterocycles. The molecule has 4 heteroatoms. The number of aryl methyl sites for hydroxylation is 2. The Hall–Kier alpha value is -1.36. The van der Waals surface area contributed by atoms with Gasteiger partial charge in [0.15, 0.2) is 0 Å². The lowest BCUT2D eigenvalue weighted by Crippen LogP contribution is -2.62. The molecule has 2 aliphatic heterocycles. The molecule has 2 saturated heterocycles. The summed E-state index contributed by atoms with van der Waals surface area (Å²) in [6, 6.07) is 7.99. The van der Waals surface area contributed by atoms with Crippen LogP contribution in [0, 0.1) is 19.8 Å². The van der Waals surface area contributed by atoms with Crippen molar-refractivity contribution in [1.29, 1.82) is 0 Å². The molecule has 3 heterocycles. The fourth-order valence-corrected chi connectivity index (χ4v) is 4.85. The number of nitrogens with one attached hydrogen (secondary N) is 1. The van der Waals surface area contributed by atoms with Crippen molar-refractivity contribution in [1.82, 2.24) is 14.8 Å². The van der Waals surface area contributed by atoms with Crippen molar-refractivity contribution in [3.05, 3.63) is 35.0 Å². The Morgan fingerprint density at radius 2 is 2.04 bits per heavy atom. The van der Waals surface area contributed by atoms with Crippen LogP contribution in [0.4, 0.5) is 0 Å². The zero-order valence-electron chi connectivity index (χ0n) is 15.4. The summed E-state index contributed by atoms with van der Waals surface area (Å²) in [6.45, 7) is 10.8. The highest BCUT2D eigenvalue weighted by Crippen LogP contribution is 2.38. The van der Waals surface area contributed by atoms with E-state index >= 15 is 0 Å². The van der Waals surface area contributed by atoms with Crippen molar-refractivity contribution >= 4 is 10.9 Å². The molecule has 0 unspecified atom stereocenters. The zero-order chi connectivity index (χ0) is 17.0. The van der Waals surface area contributed by atoms with E-state index in [-0.39, 0.29) is 0 Å². The van der Waals surface area contributed by atoms with Crippen LogP contribution in [-0.4, -0.2) is 59.7 Å². The van der Waals surface area contributed by atoms with Crippen LogP contribution in [0.5, 0.6) is 0 Å². The maximum atomic E-state index is 5.96. The van der Waals surface area contributed by atoms with E-state index in [0.717, 1.165) is 32.2 Å². The molecule has 1 saturated carbocycles. The van der Waals surface area contributed by atoms with E-state index in [0.29, 0.717) is 12.1 Å². The van der Waals surface area contributed by atoms with E-state index in [4.69, 9.17) is 4.74 Å². The minimum absolute atomic E-state index is 0.583. The van der Waals surface area contributed by atoms with Gasteiger partial charge >= 0.3 is 0 Å². The highest BCUT2D eigenvalue weighted by molar-refractivity contribution is 5.85. The van der Waals surface area contributed by atoms with Crippen LogP contribution in [0.3, 0.4) is 0 Å². The van der Waals surface area contributed by atoms with Crippen LogP contribution in [0.25, 0.3) is 10.9 Å². The lowest BCUT2D eigenvalue weighted by atomic mass is 10.0. The number of aromatic nitrogens is 1. The number of nitrogens with zero attached hydrogens (tertiary/aromatic N) is 2. The standard InChI is InChI=1S/C21H29N3O/c1-14-3-6-19-18(9-14)15(2)20(22-19)11-23-7-8-24-17(10-23)12-25-13-21(24)16-4-5-16/h3,6,9,16-17,21-22H,4-5,7-8,10-13H2,1-2H3/t17-,21-/m1/s1. The topological polar surface area (TPSA) is 31.5 Å². The number of hydrogen-bond acceptors (Lipinski definition) is 3. The van der Waals surface area contributed by atoms with Crippen molar-refractivity contribution in [3.8, 4) is 0 Å². The molecule has 0 spiro atoms. The molecule has 1 N–H and O–H groups in total. The second-order valence-corrected chi connectivity index (χ2v) is 8.35. The summed E-state index contributed by atoms with van der Waals surface area (Å²) in [5.41, 5.74) is 5.40. The summed E-state index contributed by atoms with van der Waals surface area (Å²) in [7, 11) is 0. The van der Waals surface area contributed by atoms with Crippen molar-refractivity contribution in [2.75, 3.05) is 32.8 Å². The molecule has 2 atom stereocenters. The molecule has 0 radical (unpaired) electrons. The van der Waals surface area contributed by atoms with Crippen LogP contribution in [0.15, 0.2) is 18.2 Å². The van der Waals surface area contributed by atoms with Crippen molar-refractivity contribution in [2.45, 2.75) is 45.3 Å². The van der Waals surface area contributed by atoms with Gasteiger partial charge in [0.1, 0.15) is 0 Å². The van der Waals surface area contributed by atoms with Gasteiger partial charge in [0.05, 0.1) is 13.2 Å². The monoisotopic (exact) mass is 339 g/mol. The Balaban J connectivity index is 1.31. The summed E-state index contributed by atoms with van der Waals surface area (Å²) in [5, 5.41) is 1.38. The lowest BCUT2D eigenvalue weighted by molar-refractivity contribution is -0.0881. The van der Waals surface area contributed by atoms with Gasteiger partial charge in [-0.05, 0) is 50.3 Å². The smallest absolute Gasteiger partial charge is 0.0635 e. The van der Waals surface area contributed by atoms with Gasteiger partial charge in [-0.1, -0.05) is 11.6 Å². The predicted molar refractivity (Wildman–Crippen MR) is 101 cm³/mol.